The molecule has 0 amide bonds. The number of fused-ring (bicyclic) bond motifs is 3. The van der Waals surface area contributed by atoms with Crippen LogP contribution in [0.4, 0.5) is 0 Å². The lowest BCUT2D eigenvalue weighted by atomic mass is 9.78. The predicted molar refractivity (Wildman–Crippen MR) is 175 cm³/mol. The Labute approximate surface area is 285 Å². The smallest absolute Gasteiger partial charge is 0.333 e. The maximum absolute atomic E-state index is 12.8. The van der Waals surface area contributed by atoms with E-state index in [2.05, 4.69) is 61.2 Å². The molecule has 6 atom stereocenters. The van der Waals surface area contributed by atoms with Crippen molar-refractivity contribution >= 4 is 38.9 Å². The zero-order valence-electron chi connectivity index (χ0n) is 26.1. The number of carbonyl (C=O) groups excluding carboxylic acids is 3. The highest BCUT2D eigenvalue weighted by atomic mass is 32.2. The molecule has 3 fully saturated rings. The summed E-state index contributed by atoms with van der Waals surface area (Å²) in [6.45, 7) is 5.03. The van der Waals surface area contributed by atoms with Gasteiger partial charge in [-0.2, -0.15) is 0 Å². The number of benzene rings is 4. The van der Waals surface area contributed by atoms with Crippen molar-refractivity contribution in [1.82, 2.24) is 0 Å². The van der Waals surface area contributed by atoms with E-state index < -0.39 is 62.9 Å². The van der Waals surface area contributed by atoms with E-state index in [0.717, 1.165) is 23.6 Å². The Morgan fingerprint density at radius 3 is 2.04 bits per heavy atom. The molecule has 10 nitrogen and oxygen atoms in total. The number of esters is 3. The summed E-state index contributed by atoms with van der Waals surface area (Å²) < 4.78 is 55.1. The summed E-state index contributed by atoms with van der Waals surface area (Å²) in [5.41, 5.74) is 0.196. The Morgan fingerprint density at radius 1 is 0.857 bits per heavy atom. The first-order chi connectivity index (χ1) is 23.5. The van der Waals surface area contributed by atoms with Gasteiger partial charge in [0.15, 0.2) is 16.4 Å². The van der Waals surface area contributed by atoms with Gasteiger partial charge >= 0.3 is 17.9 Å². The molecule has 2 saturated carbocycles. The summed E-state index contributed by atoms with van der Waals surface area (Å²) in [6, 6.07) is 31.7. The fourth-order valence-corrected chi connectivity index (χ4v) is 9.70. The van der Waals surface area contributed by atoms with Crippen molar-refractivity contribution in [2.24, 2.45) is 23.7 Å². The van der Waals surface area contributed by atoms with Gasteiger partial charge in [0.2, 0.25) is 9.79 Å². The highest BCUT2D eigenvalue weighted by Gasteiger charge is 2.70. The van der Waals surface area contributed by atoms with Crippen molar-refractivity contribution in [3.05, 3.63) is 115 Å². The molecule has 6 unspecified atom stereocenters. The van der Waals surface area contributed by atoms with Gasteiger partial charge in [0.1, 0.15) is 39.0 Å². The Morgan fingerprint density at radius 2 is 1.45 bits per heavy atom. The van der Waals surface area contributed by atoms with E-state index in [4.69, 9.17) is 18.9 Å². The van der Waals surface area contributed by atoms with Crippen molar-refractivity contribution in [3.63, 3.8) is 0 Å². The van der Waals surface area contributed by atoms with Gasteiger partial charge < -0.3 is 23.5 Å². The highest BCUT2D eigenvalue weighted by Crippen LogP contribution is 2.59. The van der Waals surface area contributed by atoms with Crippen molar-refractivity contribution in [1.29, 1.82) is 0 Å². The standard InChI is InChI=1S/C19H18O9S.C18H13OS/c1-8(2)17(20)27-15-11-7-12-14(19(22)28-16(12)15)13(11)18(21)26-9-3-5-10(6-4-9)29(23,24)25;1-2-8-14(9-3-1)20-17-12-6-4-10-15(17)19-16-11-5-7-13-18(16)20/h3-6,11-16H,1,7H2,2H3,(H,23,24,25);1-13H/q;+1/p-1. The van der Waals surface area contributed by atoms with Crippen LogP contribution < -0.4 is 9.47 Å². The van der Waals surface area contributed by atoms with E-state index in [0.29, 0.717) is 6.42 Å². The monoisotopic (exact) mass is 698 g/mol. The van der Waals surface area contributed by atoms with E-state index in [1.807, 2.05) is 24.3 Å². The molecule has 2 bridgehead atoms. The Balaban J connectivity index is 0.000000165. The molecule has 0 N–H and O–H groups in total. The van der Waals surface area contributed by atoms with Crippen molar-refractivity contribution in [2.45, 2.75) is 45.1 Å². The van der Waals surface area contributed by atoms with Crippen molar-refractivity contribution in [2.75, 3.05) is 0 Å². The van der Waals surface area contributed by atoms with E-state index >= 15 is 0 Å². The first-order valence-corrected chi connectivity index (χ1v) is 18.1. The van der Waals surface area contributed by atoms with Crippen LogP contribution in [-0.2, 0) is 44.9 Å². The summed E-state index contributed by atoms with van der Waals surface area (Å²) in [7, 11) is -4.70. The Hall–Kier alpha value is -4.91. The number of ether oxygens (including phenoxy) is 4. The first kappa shape index (κ1) is 32.6. The third-order valence-corrected chi connectivity index (χ3v) is 12.2. The zero-order valence-corrected chi connectivity index (χ0v) is 27.7. The van der Waals surface area contributed by atoms with Gasteiger partial charge in [-0.05, 0) is 74.0 Å². The van der Waals surface area contributed by atoms with Crippen LogP contribution in [0.3, 0.4) is 0 Å². The maximum Gasteiger partial charge on any atom is 0.333 e. The molecule has 0 aromatic heterocycles. The average Bonchev–Trinajstić information content (AvgIpc) is 3.72. The third kappa shape index (κ3) is 6.11. The van der Waals surface area contributed by atoms with Crippen LogP contribution in [0.15, 0.2) is 135 Å². The fourth-order valence-electron chi connectivity index (χ4n) is 7.01. The molecule has 4 aromatic rings. The van der Waals surface area contributed by atoms with E-state index in [1.165, 1.54) is 33.7 Å². The Kier molecular flexibility index (Phi) is 8.55. The summed E-state index contributed by atoms with van der Waals surface area (Å²) in [4.78, 5) is 40.5. The molecule has 4 aliphatic rings. The predicted octanol–water partition coefficient (Wildman–Crippen LogP) is 5.68. The van der Waals surface area contributed by atoms with Crippen LogP contribution in [0.5, 0.6) is 17.2 Å². The molecule has 0 radical (unpaired) electrons. The van der Waals surface area contributed by atoms with E-state index in [9.17, 15) is 27.4 Å². The molecule has 1 saturated heterocycles. The second-order valence-corrected chi connectivity index (χ2v) is 15.5. The van der Waals surface area contributed by atoms with Crippen LogP contribution in [0, 0.1) is 23.7 Å². The molecule has 4 aromatic carbocycles. The van der Waals surface area contributed by atoms with Crippen molar-refractivity contribution < 1.29 is 46.3 Å². The van der Waals surface area contributed by atoms with Crippen LogP contribution in [0.25, 0.3) is 0 Å². The SMILES string of the molecule is C=C(C)C(=O)OC1C2CC3C1OC(=O)C3C2C(=O)Oc1ccc(S(=O)(=O)[O-])cc1.c1ccc([S+]2c3ccccc3Oc3ccccc32)cc1. The molecule has 2 aliphatic carbocycles. The van der Waals surface area contributed by atoms with E-state index in [1.54, 1.807) is 0 Å². The highest BCUT2D eigenvalue weighted by molar-refractivity contribution is 7.97. The van der Waals surface area contributed by atoms with Gasteiger partial charge in [-0.3, -0.25) is 9.59 Å². The summed E-state index contributed by atoms with van der Waals surface area (Å²) in [6.07, 6.45) is -0.841. The second-order valence-electron chi connectivity index (χ2n) is 12.1. The number of carbonyl (C=O) groups is 3. The zero-order chi connectivity index (χ0) is 34.4. The van der Waals surface area contributed by atoms with E-state index in [-0.39, 0.29) is 28.1 Å². The van der Waals surface area contributed by atoms with Gasteiger partial charge in [0.25, 0.3) is 0 Å². The Bertz CT molecular complexity index is 2020. The quantitative estimate of drug-likeness (QED) is 0.0714. The molecule has 12 heteroatoms. The minimum Gasteiger partial charge on any atom is -0.744 e. The number of para-hydroxylation sites is 2. The topological polar surface area (TPSA) is 145 Å². The lowest BCUT2D eigenvalue weighted by Gasteiger charge is -2.30. The molecule has 250 valence electrons. The van der Waals surface area contributed by atoms with Crippen molar-refractivity contribution in [3.8, 4) is 17.2 Å². The average molecular weight is 699 g/mol. The normalized spacial score (nSPS) is 24.3. The number of rotatable bonds is 6. The summed E-state index contributed by atoms with van der Waals surface area (Å²) in [5, 5.41) is 0. The van der Waals surface area contributed by atoms with Gasteiger partial charge in [0, 0.05) is 17.4 Å². The third-order valence-electron chi connectivity index (χ3n) is 9.08. The van der Waals surface area contributed by atoms with Crippen LogP contribution in [-0.4, -0.2) is 43.1 Å². The summed E-state index contributed by atoms with van der Waals surface area (Å²) >= 11 is 0. The first-order valence-electron chi connectivity index (χ1n) is 15.5. The molecular formula is C37H30O10S2. The summed E-state index contributed by atoms with van der Waals surface area (Å²) in [5.74, 6) is -2.06. The van der Waals surface area contributed by atoms with Gasteiger partial charge in [-0.1, -0.05) is 49.0 Å². The van der Waals surface area contributed by atoms with Crippen LogP contribution >= 0.6 is 0 Å². The maximum atomic E-state index is 12.8. The largest absolute Gasteiger partial charge is 0.744 e. The van der Waals surface area contributed by atoms with Gasteiger partial charge in [0.05, 0.1) is 16.7 Å². The lowest BCUT2D eigenvalue weighted by Crippen LogP contribution is -2.44. The molecule has 2 aliphatic heterocycles. The lowest BCUT2D eigenvalue weighted by molar-refractivity contribution is -0.160. The van der Waals surface area contributed by atoms with Crippen LogP contribution in [0.1, 0.15) is 13.3 Å². The molecule has 2 heterocycles. The molecule has 0 spiro atoms. The van der Waals surface area contributed by atoms with Gasteiger partial charge in [-0.25, -0.2) is 13.2 Å². The fraction of sp³-hybridized carbons (Fsp3) is 0.216. The molecule has 49 heavy (non-hydrogen) atoms. The number of hydrogen-bond acceptors (Lipinski definition) is 10. The molecule has 8 rings (SSSR count). The van der Waals surface area contributed by atoms with Gasteiger partial charge in [-0.15, -0.1) is 0 Å². The minimum absolute atomic E-state index is 0.0311. The van der Waals surface area contributed by atoms with Crippen LogP contribution in [0.2, 0.25) is 0 Å². The number of hydrogen-bond donors (Lipinski definition) is 0. The second kappa shape index (κ2) is 12.8. The minimum atomic E-state index is -4.62. The molecular weight excluding hydrogens is 669 g/mol.